The Morgan fingerprint density at radius 2 is 1.86 bits per heavy atom. The van der Waals surface area contributed by atoms with Gasteiger partial charge in [0, 0.05) is 27.8 Å². The molecule has 0 aliphatic rings. The fraction of sp³-hybridized carbons (Fsp3) is 0.150. The number of benzene rings is 2. The molecule has 0 saturated carbocycles. The predicted octanol–water partition coefficient (Wildman–Crippen LogP) is 4.98. The molecule has 0 unspecified atom stereocenters. The zero-order valence-electron chi connectivity index (χ0n) is 15.6. The topological polar surface area (TPSA) is 86.9 Å². The van der Waals surface area contributed by atoms with Crippen molar-refractivity contribution in [2.75, 3.05) is 5.84 Å². The van der Waals surface area contributed by atoms with Crippen molar-refractivity contribution in [1.29, 1.82) is 0 Å². The summed E-state index contributed by atoms with van der Waals surface area (Å²) in [4.78, 5) is 12.0. The van der Waals surface area contributed by atoms with E-state index in [9.17, 15) is 4.79 Å². The van der Waals surface area contributed by atoms with Crippen LogP contribution < -0.4 is 11.5 Å². The molecule has 0 bridgehead atoms. The van der Waals surface area contributed by atoms with Crippen LogP contribution in [0.1, 0.15) is 16.7 Å². The quantitative estimate of drug-likeness (QED) is 0.270. The molecule has 2 aromatic carbocycles. The summed E-state index contributed by atoms with van der Waals surface area (Å²) in [5, 5.41) is 10.7. The largest absolute Gasteiger partial charge is 0.423 e. The highest BCUT2D eigenvalue weighted by Crippen LogP contribution is 2.32. The lowest BCUT2D eigenvalue weighted by Gasteiger charge is -2.08. The molecule has 148 valence electrons. The van der Waals surface area contributed by atoms with Crippen LogP contribution in [0.2, 0.25) is 10.0 Å². The first-order chi connectivity index (χ1) is 13.8. The monoisotopic (exact) mass is 446 g/mol. The number of hydrogen-bond donors (Lipinski definition) is 1. The summed E-state index contributed by atoms with van der Waals surface area (Å²) in [5.41, 5.74) is 3.85. The molecule has 6 nitrogen and oxygen atoms in total. The summed E-state index contributed by atoms with van der Waals surface area (Å²) in [6.07, 6.45) is 0. The molecule has 0 amide bonds. The molecule has 0 spiro atoms. The van der Waals surface area contributed by atoms with E-state index in [0.29, 0.717) is 37.9 Å². The molecule has 2 aromatic heterocycles. The molecule has 0 saturated heterocycles. The molecule has 0 aliphatic carbocycles. The van der Waals surface area contributed by atoms with Crippen LogP contribution in [-0.4, -0.2) is 14.9 Å². The Kier molecular flexibility index (Phi) is 5.29. The highest BCUT2D eigenvalue weighted by molar-refractivity contribution is 7.98. The van der Waals surface area contributed by atoms with Gasteiger partial charge in [0.05, 0.1) is 5.02 Å². The molecule has 0 aliphatic heterocycles. The van der Waals surface area contributed by atoms with Crippen LogP contribution in [0.25, 0.3) is 22.4 Å². The molecule has 0 fully saturated rings. The molecule has 0 atom stereocenters. The van der Waals surface area contributed by atoms with Crippen LogP contribution in [0, 0.1) is 13.8 Å². The number of hydrogen-bond acceptors (Lipinski definition) is 6. The smallest absolute Gasteiger partial charge is 0.336 e. The van der Waals surface area contributed by atoms with Crippen LogP contribution in [0.5, 0.6) is 0 Å². The number of aryl methyl sites for hydroxylation is 2. The van der Waals surface area contributed by atoms with Gasteiger partial charge in [-0.3, -0.25) is 0 Å². The fourth-order valence-electron chi connectivity index (χ4n) is 2.97. The second-order valence-corrected chi connectivity index (χ2v) is 8.40. The second kappa shape index (κ2) is 7.74. The van der Waals surface area contributed by atoms with E-state index in [4.69, 9.17) is 33.5 Å². The summed E-state index contributed by atoms with van der Waals surface area (Å²) in [6, 6.07) is 10.5. The van der Waals surface area contributed by atoms with E-state index in [2.05, 4.69) is 10.2 Å². The third-order valence-electron chi connectivity index (χ3n) is 4.64. The van der Waals surface area contributed by atoms with Crippen molar-refractivity contribution in [3.63, 3.8) is 0 Å². The van der Waals surface area contributed by atoms with E-state index < -0.39 is 0 Å². The lowest BCUT2D eigenvalue weighted by Crippen LogP contribution is -2.12. The van der Waals surface area contributed by atoms with Crippen molar-refractivity contribution in [2.24, 2.45) is 0 Å². The van der Waals surface area contributed by atoms with Gasteiger partial charge < -0.3 is 10.3 Å². The van der Waals surface area contributed by atoms with E-state index in [1.54, 1.807) is 18.2 Å². The molecular formula is C20H16Cl2N4O2S. The highest BCUT2D eigenvalue weighted by atomic mass is 35.5. The van der Waals surface area contributed by atoms with Gasteiger partial charge in [-0.15, -0.1) is 10.2 Å². The van der Waals surface area contributed by atoms with Crippen molar-refractivity contribution >= 4 is 45.9 Å². The van der Waals surface area contributed by atoms with E-state index in [1.807, 2.05) is 26.0 Å². The molecule has 0 radical (unpaired) electrons. The first-order valence-electron chi connectivity index (χ1n) is 8.66. The summed E-state index contributed by atoms with van der Waals surface area (Å²) >= 11 is 13.6. The third-order valence-corrected chi connectivity index (χ3v) is 6.18. The normalized spacial score (nSPS) is 11.3. The van der Waals surface area contributed by atoms with Crippen LogP contribution >= 0.6 is 35.0 Å². The van der Waals surface area contributed by atoms with Crippen molar-refractivity contribution in [2.45, 2.75) is 24.8 Å². The zero-order chi connectivity index (χ0) is 20.7. The number of rotatable bonds is 4. The van der Waals surface area contributed by atoms with Crippen LogP contribution in [0.15, 0.2) is 50.8 Å². The summed E-state index contributed by atoms with van der Waals surface area (Å²) in [6.45, 7) is 4.01. The molecule has 4 rings (SSSR count). The maximum Gasteiger partial charge on any atom is 0.336 e. The first kappa shape index (κ1) is 19.8. The van der Waals surface area contributed by atoms with Gasteiger partial charge in [-0.05, 0) is 60.9 Å². The Bertz CT molecular complexity index is 1300. The standard InChI is InChI=1S/C20H16Cl2N4O2S/c1-10-5-15-12(7-18(27)28-17(15)6-11(10)2)9-29-20-25-24-19(26(20)23)14-4-3-13(21)8-16(14)22/h3-8H,9,23H2,1-2H3. The summed E-state index contributed by atoms with van der Waals surface area (Å²) in [7, 11) is 0. The van der Waals surface area contributed by atoms with Gasteiger partial charge in [0.15, 0.2) is 5.82 Å². The molecule has 4 aromatic rings. The summed E-state index contributed by atoms with van der Waals surface area (Å²) < 4.78 is 6.73. The number of halogens is 2. The minimum absolute atomic E-state index is 0.390. The Labute approximate surface area is 180 Å². The molecule has 9 heteroatoms. The first-order valence-corrected chi connectivity index (χ1v) is 10.4. The SMILES string of the molecule is Cc1cc2oc(=O)cc(CSc3nnc(-c4ccc(Cl)cc4Cl)n3N)c2cc1C. The number of thioether (sulfide) groups is 1. The van der Waals surface area contributed by atoms with Gasteiger partial charge in [-0.25, -0.2) is 9.47 Å². The number of aromatic nitrogens is 3. The van der Waals surface area contributed by atoms with Crippen molar-refractivity contribution in [1.82, 2.24) is 14.9 Å². The molecule has 29 heavy (non-hydrogen) atoms. The number of fused-ring (bicyclic) bond motifs is 1. The average Bonchev–Trinajstić information content (AvgIpc) is 3.02. The van der Waals surface area contributed by atoms with Gasteiger partial charge in [0.1, 0.15) is 5.58 Å². The maximum absolute atomic E-state index is 12.0. The van der Waals surface area contributed by atoms with E-state index in [1.165, 1.54) is 22.5 Å². The van der Waals surface area contributed by atoms with Crippen molar-refractivity contribution < 1.29 is 4.42 Å². The van der Waals surface area contributed by atoms with Gasteiger partial charge in [-0.1, -0.05) is 35.0 Å². The minimum Gasteiger partial charge on any atom is -0.423 e. The van der Waals surface area contributed by atoms with E-state index in [-0.39, 0.29) is 5.63 Å². The second-order valence-electron chi connectivity index (χ2n) is 6.61. The van der Waals surface area contributed by atoms with Crippen LogP contribution in [0.4, 0.5) is 0 Å². The zero-order valence-corrected chi connectivity index (χ0v) is 17.9. The number of nitrogen functional groups attached to an aromatic ring is 1. The predicted molar refractivity (Wildman–Crippen MR) is 117 cm³/mol. The van der Waals surface area contributed by atoms with E-state index in [0.717, 1.165) is 22.1 Å². The van der Waals surface area contributed by atoms with Crippen molar-refractivity contribution in [3.05, 3.63) is 73.6 Å². The fourth-order valence-corrected chi connectivity index (χ4v) is 4.32. The lowest BCUT2D eigenvalue weighted by atomic mass is 10.0. The van der Waals surface area contributed by atoms with Crippen molar-refractivity contribution in [3.8, 4) is 11.4 Å². The lowest BCUT2D eigenvalue weighted by molar-refractivity contribution is 0.559. The van der Waals surface area contributed by atoms with Crippen LogP contribution in [-0.2, 0) is 5.75 Å². The van der Waals surface area contributed by atoms with Crippen LogP contribution in [0.3, 0.4) is 0 Å². The third kappa shape index (κ3) is 3.85. The molecule has 2 heterocycles. The van der Waals surface area contributed by atoms with Gasteiger partial charge in [0.2, 0.25) is 5.16 Å². The Hall–Kier alpha value is -2.48. The van der Waals surface area contributed by atoms with Gasteiger partial charge >= 0.3 is 5.63 Å². The highest BCUT2D eigenvalue weighted by Gasteiger charge is 2.16. The summed E-state index contributed by atoms with van der Waals surface area (Å²) in [5.74, 6) is 7.10. The van der Waals surface area contributed by atoms with Gasteiger partial charge in [-0.2, -0.15) is 0 Å². The Morgan fingerprint density at radius 3 is 2.62 bits per heavy atom. The number of nitrogens with zero attached hydrogens (tertiary/aromatic N) is 3. The average molecular weight is 447 g/mol. The van der Waals surface area contributed by atoms with Gasteiger partial charge in [0.25, 0.3) is 0 Å². The minimum atomic E-state index is -0.390. The number of nitrogens with two attached hydrogens (primary N) is 1. The Balaban J connectivity index is 1.66. The van der Waals surface area contributed by atoms with E-state index >= 15 is 0 Å². The molecular weight excluding hydrogens is 431 g/mol. The maximum atomic E-state index is 12.0. The molecule has 2 N–H and O–H groups in total. The Morgan fingerprint density at radius 1 is 1.10 bits per heavy atom.